The van der Waals surface area contributed by atoms with E-state index in [1.807, 2.05) is 0 Å². The van der Waals surface area contributed by atoms with Crippen molar-refractivity contribution in [3.05, 3.63) is 24.3 Å². The molecule has 5 N–H and O–H groups in total. The van der Waals surface area contributed by atoms with E-state index in [4.69, 9.17) is 5.73 Å². The van der Waals surface area contributed by atoms with Crippen LogP contribution in [0.25, 0.3) is 0 Å². The van der Waals surface area contributed by atoms with E-state index in [-0.39, 0.29) is 10.9 Å². The van der Waals surface area contributed by atoms with Crippen LogP contribution in [0.2, 0.25) is 0 Å². The summed E-state index contributed by atoms with van der Waals surface area (Å²) in [5.41, 5.74) is 5.43. The summed E-state index contributed by atoms with van der Waals surface area (Å²) in [5.74, 6) is 0. The van der Waals surface area contributed by atoms with Gasteiger partial charge in [-0.1, -0.05) is 0 Å². The molecule has 20 heavy (non-hydrogen) atoms. The predicted molar refractivity (Wildman–Crippen MR) is 75.9 cm³/mol. The summed E-state index contributed by atoms with van der Waals surface area (Å²) in [6, 6.07) is 5.35. The standard InChI is InChI=1S/C12H18N4O3S/c13-12(17)16-9-3-5-11(6-4-9)20(18,19)15-8-10-2-1-7-14-10/h3-6,10,14-15H,1-2,7-8H2,(H3,13,16,17)/t10-/m1/s1. The summed E-state index contributed by atoms with van der Waals surface area (Å²) in [6.45, 7) is 1.31. The van der Waals surface area contributed by atoms with Crippen LogP contribution in [0.5, 0.6) is 0 Å². The van der Waals surface area contributed by atoms with Crippen molar-refractivity contribution in [2.75, 3.05) is 18.4 Å². The smallest absolute Gasteiger partial charge is 0.316 e. The van der Waals surface area contributed by atoms with Crippen molar-refractivity contribution in [2.45, 2.75) is 23.8 Å². The minimum absolute atomic E-state index is 0.158. The largest absolute Gasteiger partial charge is 0.351 e. The summed E-state index contributed by atoms with van der Waals surface area (Å²) >= 11 is 0. The van der Waals surface area contributed by atoms with Gasteiger partial charge in [0.15, 0.2) is 0 Å². The first kappa shape index (κ1) is 14.8. The van der Waals surface area contributed by atoms with Crippen LogP contribution in [-0.2, 0) is 10.0 Å². The number of carbonyl (C=O) groups is 1. The second-order valence-electron chi connectivity index (χ2n) is 4.66. The number of hydrogen-bond acceptors (Lipinski definition) is 4. The van der Waals surface area contributed by atoms with Gasteiger partial charge in [0.25, 0.3) is 0 Å². The summed E-state index contributed by atoms with van der Waals surface area (Å²) in [6.07, 6.45) is 2.05. The van der Waals surface area contributed by atoms with Crippen LogP contribution in [-0.4, -0.2) is 33.6 Å². The molecule has 1 heterocycles. The Labute approximate surface area is 118 Å². The molecule has 1 saturated heterocycles. The highest BCUT2D eigenvalue weighted by Crippen LogP contribution is 2.14. The highest BCUT2D eigenvalue weighted by molar-refractivity contribution is 7.89. The third-order valence-electron chi connectivity index (χ3n) is 3.11. The molecule has 0 aliphatic carbocycles. The quantitative estimate of drug-likeness (QED) is 0.622. The molecule has 1 atom stereocenters. The molecule has 1 fully saturated rings. The van der Waals surface area contributed by atoms with Crippen molar-refractivity contribution in [3.8, 4) is 0 Å². The zero-order valence-electron chi connectivity index (χ0n) is 10.9. The van der Waals surface area contributed by atoms with Gasteiger partial charge in [0.2, 0.25) is 10.0 Å². The van der Waals surface area contributed by atoms with E-state index in [9.17, 15) is 13.2 Å². The molecule has 1 aliphatic heterocycles. The van der Waals surface area contributed by atoms with Crippen LogP contribution in [0.4, 0.5) is 10.5 Å². The second-order valence-corrected chi connectivity index (χ2v) is 6.43. The van der Waals surface area contributed by atoms with Crippen LogP contribution in [0, 0.1) is 0 Å². The van der Waals surface area contributed by atoms with E-state index < -0.39 is 16.1 Å². The molecular formula is C12H18N4O3S. The summed E-state index contributed by atoms with van der Waals surface area (Å²) in [7, 11) is -3.53. The first-order chi connectivity index (χ1) is 9.47. The molecule has 0 saturated carbocycles. The van der Waals surface area contributed by atoms with Crippen molar-refractivity contribution in [1.29, 1.82) is 0 Å². The highest BCUT2D eigenvalue weighted by Gasteiger charge is 2.19. The maximum atomic E-state index is 12.1. The molecule has 0 spiro atoms. The van der Waals surface area contributed by atoms with Gasteiger partial charge in [-0.25, -0.2) is 17.9 Å². The Morgan fingerprint density at radius 2 is 2.05 bits per heavy atom. The zero-order valence-corrected chi connectivity index (χ0v) is 11.7. The maximum absolute atomic E-state index is 12.1. The molecule has 0 aromatic heterocycles. The minimum atomic E-state index is -3.53. The molecule has 1 aromatic rings. The average molecular weight is 298 g/mol. The van der Waals surface area contributed by atoms with Crippen molar-refractivity contribution in [2.24, 2.45) is 5.73 Å². The number of hydrogen-bond donors (Lipinski definition) is 4. The summed E-state index contributed by atoms with van der Waals surface area (Å²) < 4.78 is 26.7. The Balaban J connectivity index is 1.99. The lowest BCUT2D eigenvalue weighted by Crippen LogP contribution is -2.37. The van der Waals surface area contributed by atoms with Crippen LogP contribution in [0.1, 0.15) is 12.8 Å². The van der Waals surface area contributed by atoms with Gasteiger partial charge in [-0.05, 0) is 43.7 Å². The molecule has 0 unspecified atom stereocenters. The Morgan fingerprint density at radius 1 is 1.35 bits per heavy atom. The number of primary amides is 1. The number of rotatable bonds is 5. The lowest BCUT2D eigenvalue weighted by Gasteiger charge is -2.12. The summed E-state index contributed by atoms with van der Waals surface area (Å²) in [4.78, 5) is 10.8. The minimum Gasteiger partial charge on any atom is -0.351 e. The first-order valence-electron chi connectivity index (χ1n) is 6.37. The monoisotopic (exact) mass is 298 g/mol. The van der Waals surface area contributed by atoms with Gasteiger partial charge in [0.1, 0.15) is 0 Å². The van der Waals surface area contributed by atoms with E-state index >= 15 is 0 Å². The molecule has 0 radical (unpaired) electrons. The van der Waals surface area contributed by atoms with Gasteiger partial charge in [0, 0.05) is 18.3 Å². The van der Waals surface area contributed by atoms with E-state index in [0.717, 1.165) is 19.4 Å². The van der Waals surface area contributed by atoms with Crippen LogP contribution >= 0.6 is 0 Å². The van der Waals surface area contributed by atoms with Crippen LogP contribution in [0.15, 0.2) is 29.2 Å². The van der Waals surface area contributed by atoms with E-state index in [0.29, 0.717) is 12.2 Å². The third-order valence-corrected chi connectivity index (χ3v) is 4.55. The fourth-order valence-corrected chi connectivity index (χ4v) is 3.17. The summed E-state index contributed by atoms with van der Waals surface area (Å²) in [5, 5.41) is 5.60. The normalized spacial score (nSPS) is 18.9. The molecule has 2 rings (SSSR count). The number of nitrogens with two attached hydrogens (primary N) is 1. The van der Waals surface area contributed by atoms with Crippen molar-refractivity contribution in [3.63, 3.8) is 0 Å². The van der Waals surface area contributed by atoms with Crippen LogP contribution in [0.3, 0.4) is 0 Å². The molecule has 1 aromatic carbocycles. The Bertz CT molecular complexity index is 565. The van der Waals surface area contributed by atoms with Gasteiger partial charge in [0.05, 0.1) is 4.90 Å². The van der Waals surface area contributed by atoms with Gasteiger partial charge in [-0.3, -0.25) is 0 Å². The van der Waals surface area contributed by atoms with Gasteiger partial charge in [-0.2, -0.15) is 0 Å². The zero-order chi connectivity index (χ0) is 14.6. The van der Waals surface area contributed by atoms with Crippen molar-refractivity contribution in [1.82, 2.24) is 10.0 Å². The van der Waals surface area contributed by atoms with Crippen molar-refractivity contribution < 1.29 is 13.2 Å². The lowest BCUT2D eigenvalue weighted by atomic mass is 10.2. The number of benzene rings is 1. The Hall–Kier alpha value is -1.64. The second kappa shape index (κ2) is 6.21. The number of urea groups is 1. The SMILES string of the molecule is NC(=O)Nc1ccc(S(=O)(=O)NC[C@H]2CCCN2)cc1. The van der Waals surface area contributed by atoms with Gasteiger partial charge in [-0.15, -0.1) is 0 Å². The number of amides is 2. The van der Waals surface area contributed by atoms with Crippen LogP contribution < -0.4 is 21.1 Å². The molecule has 1 aliphatic rings. The number of carbonyl (C=O) groups excluding carboxylic acids is 1. The molecule has 8 heteroatoms. The molecular weight excluding hydrogens is 280 g/mol. The van der Waals surface area contributed by atoms with E-state index in [2.05, 4.69) is 15.4 Å². The Kier molecular flexibility index (Phi) is 4.58. The van der Waals surface area contributed by atoms with Crippen molar-refractivity contribution >= 4 is 21.7 Å². The molecule has 2 amide bonds. The Morgan fingerprint density at radius 3 is 2.60 bits per heavy atom. The van der Waals surface area contributed by atoms with Gasteiger partial charge < -0.3 is 16.4 Å². The topological polar surface area (TPSA) is 113 Å². The van der Waals surface area contributed by atoms with E-state index in [1.54, 1.807) is 0 Å². The fraction of sp³-hybridized carbons (Fsp3) is 0.417. The fourth-order valence-electron chi connectivity index (χ4n) is 2.08. The molecule has 0 bridgehead atoms. The van der Waals surface area contributed by atoms with Gasteiger partial charge >= 0.3 is 6.03 Å². The predicted octanol–water partition coefficient (Wildman–Crippen LogP) is 0.208. The van der Waals surface area contributed by atoms with E-state index in [1.165, 1.54) is 24.3 Å². The highest BCUT2D eigenvalue weighted by atomic mass is 32.2. The number of sulfonamides is 1. The average Bonchev–Trinajstić information content (AvgIpc) is 2.89. The number of anilines is 1. The maximum Gasteiger partial charge on any atom is 0.316 e. The third kappa shape index (κ3) is 3.92. The first-order valence-corrected chi connectivity index (χ1v) is 7.85. The molecule has 7 nitrogen and oxygen atoms in total. The number of nitrogens with one attached hydrogen (secondary N) is 3. The molecule has 110 valence electrons. The lowest BCUT2D eigenvalue weighted by molar-refractivity contribution is 0.259.